The molecule has 0 heterocycles. The first-order valence-electron chi connectivity index (χ1n) is 4.88. The van der Waals surface area contributed by atoms with Crippen LogP contribution in [0.15, 0.2) is 18.2 Å². The molecule has 0 amide bonds. The Morgan fingerprint density at radius 3 is 2.15 bits per heavy atom. The molecule has 0 aliphatic heterocycles. The molecule has 0 saturated carbocycles. The van der Waals surface area contributed by atoms with Gasteiger partial charge in [-0.2, -0.15) is 0 Å². The van der Waals surface area contributed by atoms with Crippen LogP contribution in [0, 0.1) is 6.92 Å². The van der Waals surface area contributed by atoms with Gasteiger partial charge in [-0.1, -0.05) is 51.1 Å². The molecule has 13 heavy (non-hydrogen) atoms. The lowest BCUT2D eigenvalue weighted by Crippen LogP contribution is -2.24. The predicted octanol–water partition coefficient (Wildman–Crippen LogP) is 2.62. The van der Waals surface area contributed by atoms with Gasteiger partial charge >= 0.3 is 0 Å². The van der Waals surface area contributed by atoms with Crippen LogP contribution in [0.25, 0.3) is 12.7 Å². The van der Waals surface area contributed by atoms with Crippen LogP contribution in [0.4, 0.5) is 0 Å². The van der Waals surface area contributed by atoms with Crippen molar-refractivity contribution in [2.75, 3.05) is 0 Å². The second kappa shape index (κ2) is 6.47. The summed E-state index contributed by atoms with van der Waals surface area (Å²) >= 11 is 0. The van der Waals surface area contributed by atoms with Gasteiger partial charge < -0.3 is 0 Å². The molecule has 1 rings (SSSR count). The average molecular weight is 176 g/mol. The number of benzene rings is 1. The van der Waals surface area contributed by atoms with Crippen LogP contribution >= 0.6 is 0 Å². The van der Waals surface area contributed by atoms with Crippen LogP contribution in [0.2, 0.25) is 0 Å². The van der Waals surface area contributed by atoms with Crippen molar-refractivity contribution in [2.45, 2.75) is 34.1 Å². The summed E-state index contributed by atoms with van der Waals surface area (Å²) in [5.74, 6) is 0. The van der Waals surface area contributed by atoms with Crippen LogP contribution < -0.4 is 10.4 Å². The van der Waals surface area contributed by atoms with Crippen LogP contribution in [0.3, 0.4) is 0 Å². The summed E-state index contributed by atoms with van der Waals surface area (Å²) in [6.07, 6.45) is 3.34. The van der Waals surface area contributed by atoms with Crippen molar-refractivity contribution in [3.05, 3.63) is 34.2 Å². The summed E-state index contributed by atoms with van der Waals surface area (Å²) in [5, 5.41) is 2.38. The Labute approximate surface area is 81.6 Å². The quantitative estimate of drug-likeness (QED) is 0.570. The molecule has 0 heteroatoms. The highest BCUT2D eigenvalue weighted by Gasteiger charge is 1.84. The van der Waals surface area contributed by atoms with E-state index in [4.69, 9.17) is 0 Å². The van der Waals surface area contributed by atoms with E-state index in [0.717, 1.165) is 5.22 Å². The lowest BCUT2D eigenvalue weighted by atomic mass is 10.1. The standard InChI is InChI=1S/C10H12.C3H8/c1-4-10-8(2)6-5-7-9(10)3;1-3-2/h4-7H,2H2,1,3H3;3H2,1-2H3/b10-4+;. The minimum atomic E-state index is 1.11. The largest absolute Gasteiger partial charge is 0.0912 e. The summed E-state index contributed by atoms with van der Waals surface area (Å²) in [7, 11) is 0. The molecular formula is C13H20. The van der Waals surface area contributed by atoms with E-state index in [1.54, 1.807) is 0 Å². The first-order chi connectivity index (χ1) is 6.17. The minimum Gasteiger partial charge on any atom is -0.0912 e. The number of hydrogen-bond donors (Lipinski definition) is 0. The van der Waals surface area contributed by atoms with Gasteiger partial charge in [-0.05, 0) is 29.8 Å². The third-order valence-corrected chi connectivity index (χ3v) is 1.70. The second-order valence-corrected chi connectivity index (χ2v) is 3.14. The minimum absolute atomic E-state index is 1.11. The van der Waals surface area contributed by atoms with Crippen molar-refractivity contribution >= 4 is 12.7 Å². The zero-order valence-corrected chi connectivity index (χ0v) is 9.22. The van der Waals surface area contributed by atoms with Crippen molar-refractivity contribution < 1.29 is 0 Å². The highest BCUT2D eigenvalue weighted by atomic mass is 13.9. The normalized spacial score (nSPS) is 10.6. The highest BCUT2D eigenvalue weighted by molar-refractivity contribution is 5.29. The van der Waals surface area contributed by atoms with Crippen molar-refractivity contribution in [3.8, 4) is 0 Å². The Bertz CT molecular complexity index is 334. The third-order valence-electron chi connectivity index (χ3n) is 1.70. The van der Waals surface area contributed by atoms with Crippen LogP contribution in [0.1, 0.15) is 32.8 Å². The molecule has 0 radical (unpaired) electrons. The number of rotatable bonds is 0. The Hall–Kier alpha value is -1.04. The Kier molecular flexibility index (Phi) is 5.96. The summed E-state index contributed by atoms with van der Waals surface area (Å²) in [6.45, 7) is 12.3. The van der Waals surface area contributed by atoms with Gasteiger partial charge in [-0.15, -0.1) is 0 Å². The van der Waals surface area contributed by atoms with E-state index in [-0.39, 0.29) is 0 Å². The van der Waals surface area contributed by atoms with Crippen LogP contribution in [0.5, 0.6) is 0 Å². The average Bonchev–Trinajstić information content (AvgIpc) is 2.06. The van der Waals surface area contributed by atoms with E-state index in [0.29, 0.717) is 0 Å². The Morgan fingerprint density at radius 2 is 1.85 bits per heavy atom. The van der Waals surface area contributed by atoms with E-state index >= 15 is 0 Å². The van der Waals surface area contributed by atoms with Crippen LogP contribution in [-0.2, 0) is 0 Å². The first kappa shape index (κ1) is 12.0. The molecule has 0 aliphatic carbocycles. The lowest BCUT2D eigenvalue weighted by Gasteiger charge is -1.92. The van der Waals surface area contributed by atoms with Crippen molar-refractivity contribution in [1.29, 1.82) is 0 Å². The zero-order chi connectivity index (χ0) is 10.3. The topological polar surface area (TPSA) is 0 Å². The summed E-state index contributed by atoms with van der Waals surface area (Å²) in [6, 6.07) is 6.16. The summed E-state index contributed by atoms with van der Waals surface area (Å²) < 4.78 is 0. The van der Waals surface area contributed by atoms with Crippen LogP contribution in [-0.4, -0.2) is 0 Å². The van der Waals surface area contributed by atoms with Gasteiger partial charge in [0.05, 0.1) is 0 Å². The maximum absolute atomic E-state index is 3.92. The molecule has 0 saturated heterocycles. The summed E-state index contributed by atoms with van der Waals surface area (Å²) in [5.41, 5.74) is 1.30. The SMILES string of the molecule is C=c1cccc(C)/c1=C/C.CCC. The van der Waals surface area contributed by atoms with Gasteiger partial charge in [0.2, 0.25) is 0 Å². The molecule has 0 aliphatic rings. The van der Waals surface area contributed by atoms with Crippen molar-refractivity contribution in [3.63, 3.8) is 0 Å². The fourth-order valence-electron chi connectivity index (χ4n) is 1.15. The fraction of sp³-hybridized carbons (Fsp3) is 0.385. The molecule has 0 fully saturated rings. The zero-order valence-electron chi connectivity index (χ0n) is 9.22. The second-order valence-electron chi connectivity index (χ2n) is 3.14. The predicted molar refractivity (Wildman–Crippen MR) is 62.1 cm³/mol. The Morgan fingerprint density at radius 1 is 1.31 bits per heavy atom. The van der Waals surface area contributed by atoms with Gasteiger partial charge in [0.25, 0.3) is 0 Å². The third kappa shape index (κ3) is 3.93. The van der Waals surface area contributed by atoms with Gasteiger partial charge in [0.15, 0.2) is 0 Å². The molecule has 72 valence electrons. The molecule has 0 nitrogen and oxygen atoms in total. The van der Waals surface area contributed by atoms with E-state index in [1.807, 2.05) is 19.1 Å². The first-order valence-corrected chi connectivity index (χ1v) is 4.88. The van der Waals surface area contributed by atoms with E-state index in [9.17, 15) is 0 Å². The van der Waals surface area contributed by atoms with Gasteiger partial charge in [-0.3, -0.25) is 0 Å². The lowest BCUT2D eigenvalue weighted by molar-refractivity contribution is 1.09. The molecule has 0 unspecified atom stereocenters. The smallest absolute Gasteiger partial charge is 0.0203 e. The molecule has 0 spiro atoms. The highest BCUT2D eigenvalue weighted by Crippen LogP contribution is 1.82. The van der Waals surface area contributed by atoms with E-state index in [1.165, 1.54) is 17.2 Å². The molecule has 0 N–H and O–H groups in total. The maximum Gasteiger partial charge on any atom is -0.0203 e. The monoisotopic (exact) mass is 176 g/mol. The van der Waals surface area contributed by atoms with E-state index in [2.05, 4.69) is 39.5 Å². The molecule has 0 aromatic heterocycles. The molecule has 1 aromatic carbocycles. The summed E-state index contributed by atoms with van der Waals surface area (Å²) in [4.78, 5) is 0. The van der Waals surface area contributed by atoms with Gasteiger partial charge in [-0.25, -0.2) is 0 Å². The number of hydrogen-bond acceptors (Lipinski definition) is 0. The molecule has 0 atom stereocenters. The van der Waals surface area contributed by atoms with E-state index < -0.39 is 0 Å². The maximum atomic E-state index is 3.92. The van der Waals surface area contributed by atoms with Gasteiger partial charge in [0, 0.05) is 0 Å². The Balaban J connectivity index is 0.000000424. The number of aryl methyl sites for hydroxylation is 1. The molecular weight excluding hydrogens is 156 g/mol. The fourth-order valence-corrected chi connectivity index (χ4v) is 1.15. The van der Waals surface area contributed by atoms with Gasteiger partial charge in [0.1, 0.15) is 0 Å². The molecule has 1 aromatic rings. The molecule has 0 bridgehead atoms. The van der Waals surface area contributed by atoms with Crippen molar-refractivity contribution in [2.24, 2.45) is 0 Å². The van der Waals surface area contributed by atoms with Crippen molar-refractivity contribution in [1.82, 2.24) is 0 Å².